The van der Waals surface area contributed by atoms with Crippen molar-refractivity contribution in [1.82, 2.24) is 0 Å². The molecule has 3 heteroatoms. The molecule has 3 aromatic rings. The SMILES string of the molecule is Cc1ccccc1NC(=S)Nc1ccccc1-c1ccccc1. The van der Waals surface area contributed by atoms with Crippen LogP contribution in [-0.4, -0.2) is 5.11 Å². The third-order valence-corrected chi connectivity index (χ3v) is 3.86. The fourth-order valence-corrected chi connectivity index (χ4v) is 2.67. The van der Waals surface area contributed by atoms with Gasteiger partial charge in [0, 0.05) is 16.9 Å². The van der Waals surface area contributed by atoms with E-state index in [0.717, 1.165) is 28.1 Å². The van der Waals surface area contributed by atoms with Gasteiger partial charge in [-0.25, -0.2) is 0 Å². The highest BCUT2D eigenvalue weighted by molar-refractivity contribution is 7.80. The first-order valence-electron chi connectivity index (χ1n) is 7.52. The Morgan fingerprint density at radius 3 is 2.00 bits per heavy atom. The number of nitrogens with one attached hydrogen (secondary N) is 2. The van der Waals surface area contributed by atoms with Crippen LogP contribution >= 0.6 is 12.2 Å². The van der Waals surface area contributed by atoms with E-state index in [4.69, 9.17) is 12.2 Å². The Balaban J connectivity index is 1.81. The summed E-state index contributed by atoms with van der Waals surface area (Å²) in [5.41, 5.74) is 5.45. The minimum absolute atomic E-state index is 0.586. The molecule has 2 N–H and O–H groups in total. The lowest BCUT2D eigenvalue weighted by Gasteiger charge is -2.15. The van der Waals surface area contributed by atoms with Crippen molar-refractivity contribution < 1.29 is 0 Å². The molecule has 0 aromatic heterocycles. The second-order valence-corrected chi connectivity index (χ2v) is 5.71. The zero-order chi connectivity index (χ0) is 16.1. The van der Waals surface area contributed by atoms with Gasteiger partial charge in [0.1, 0.15) is 0 Å². The topological polar surface area (TPSA) is 24.1 Å². The Morgan fingerprint density at radius 2 is 1.26 bits per heavy atom. The average molecular weight is 318 g/mol. The average Bonchev–Trinajstić information content (AvgIpc) is 2.58. The van der Waals surface area contributed by atoms with Crippen molar-refractivity contribution in [3.63, 3.8) is 0 Å². The molecule has 0 aliphatic rings. The number of thiocarbonyl (C=S) groups is 1. The zero-order valence-electron chi connectivity index (χ0n) is 12.9. The second-order valence-electron chi connectivity index (χ2n) is 5.31. The van der Waals surface area contributed by atoms with Crippen LogP contribution in [0.1, 0.15) is 5.56 Å². The van der Waals surface area contributed by atoms with Crippen LogP contribution in [0.5, 0.6) is 0 Å². The van der Waals surface area contributed by atoms with E-state index in [2.05, 4.69) is 41.8 Å². The summed E-state index contributed by atoms with van der Waals surface area (Å²) in [5.74, 6) is 0. The van der Waals surface area contributed by atoms with E-state index < -0.39 is 0 Å². The quantitative estimate of drug-likeness (QED) is 0.626. The summed E-state index contributed by atoms with van der Waals surface area (Å²) in [6.45, 7) is 2.06. The summed E-state index contributed by atoms with van der Waals surface area (Å²) in [6, 6.07) is 26.5. The monoisotopic (exact) mass is 318 g/mol. The summed E-state index contributed by atoms with van der Waals surface area (Å²) < 4.78 is 0. The Hall–Kier alpha value is -2.65. The van der Waals surface area contributed by atoms with Gasteiger partial charge in [-0.1, -0.05) is 66.7 Å². The molecule has 23 heavy (non-hydrogen) atoms. The fraction of sp³-hybridized carbons (Fsp3) is 0.0500. The van der Waals surface area contributed by atoms with Gasteiger partial charge in [-0.3, -0.25) is 0 Å². The van der Waals surface area contributed by atoms with Crippen LogP contribution in [0.2, 0.25) is 0 Å². The van der Waals surface area contributed by atoms with Crippen molar-refractivity contribution in [1.29, 1.82) is 0 Å². The molecular formula is C20H18N2S. The Labute approximate surface area is 142 Å². The number of aryl methyl sites for hydroxylation is 1. The van der Waals surface area contributed by atoms with Crippen LogP contribution in [0.25, 0.3) is 11.1 Å². The van der Waals surface area contributed by atoms with Crippen molar-refractivity contribution in [2.75, 3.05) is 10.6 Å². The maximum Gasteiger partial charge on any atom is 0.175 e. The van der Waals surface area contributed by atoms with Crippen LogP contribution in [0.4, 0.5) is 11.4 Å². The standard InChI is InChI=1S/C20H18N2S/c1-15-9-5-7-13-18(15)21-20(23)22-19-14-8-6-12-17(19)16-10-3-2-4-11-16/h2-14H,1H3,(H2,21,22,23). The molecule has 2 nitrogen and oxygen atoms in total. The predicted molar refractivity (Wildman–Crippen MR) is 103 cm³/mol. The summed E-state index contributed by atoms with van der Waals surface area (Å²) in [6.07, 6.45) is 0. The van der Waals surface area contributed by atoms with Gasteiger partial charge in [-0.05, 0) is 42.4 Å². The van der Waals surface area contributed by atoms with Crippen molar-refractivity contribution in [3.8, 4) is 11.1 Å². The van der Waals surface area contributed by atoms with Crippen LogP contribution in [0, 0.1) is 6.92 Å². The summed E-state index contributed by atoms with van der Waals surface area (Å²) in [5, 5.41) is 7.15. The number of benzene rings is 3. The van der Waals surface area contributed by atoms with Crippen molar-refractivity contribution >= 4 is 28.7 Å². The lowest BCUT2D eigenvalue weighted by atomic mass is 10.0. The van der Waals surface area contributed by atoms with Crippen molar-refractivity contribution in [2.45, 2.75) is 6.92 Å². The minimum atomic E-state index is 0.586. The highest BCUT2D eigenvalue weighted by Crippen LogP contribution is 2.27. The maximum atomic E-state index is 5.47. The molecule has 0 atom stereocenters. The number of para-hydroxylation sites is 2. The van der Waals surface area contributed by atoms with E-state index in [1.165, 1.54) is 0 Å². The largest absolute Gasteiger partial charge is 0.332 e. The van der Waals surface area contributed by atoms with E-state index in [1.54, 1.807) is 0 Å². The lowest BCUT2D eigenvalue weighted by molar-refractivity contribution is 1.45. The van der Waals surface area contributed by atoms with E-state index in [9.17, 15) is 0 Å². The molecule has 0 aliphatic heterocycles. The van der Waals surface area contributed by atoms with Crippen LogP contribution in [-0.2, 0) is 0 Å². The first kappa shape index (κ1) is 15.3. The van der Waals surface area contributed by atoms with Crippen LogP contribution in [0.15, 0.2) is 78.9 Å². The van der Waals surface area contributed by atoms with Crippen molar-refractivity contribution in [3.05, 3.63) is 84.4 Å². The molecule has 0 radical (unpaired) electrons. The predicted octanol–water partition coefficient (Wildman–Crippen LogP) is 5.47. The van der Waals surface area contributed by atoms with E-state index >= 15 is 0 Å². The van der Waals surface area contributed by atoms with E-state index in [-0.39, 0.29) is 0 Å². The van der Waals surface area contributed by atoms with Crippen molar-refractivity contribution in [2.24, 2.45) is 0 Å². The smallest absolute Gasteiger partial charge is 0.175 e. The summed E-state index contributed by atoms with van der Waals surface area (Å²) in [4.78, 5) is 0. The van der Waals surface area contributed by atoms with Gasteiger partial charge in [-0.2, -0.15) is 0 Å². The molecule has 0 saturated heterocycles. The molecule has 0 heterocycles. The number of hydrogen-bond donors (Lipinski definition) is 2. The van der Waals surface area contributed by atoms with Gasteiger partial charge >= 0.3 is 0 Å². The Bertz CT molecular complexity index is 813. The van der Waals surface area contributed by atoms with E-state index in [1.807, 2.05) is 54.6 Å². The molecular weight excluding hydrogens is 300 g/mol. The fourth-order valence-electron chi connectivity index (χ4n) is 2.45. The molecule has 0 fully saturated rings. The minimum Gasteiger partial charge on any atom is -0.332 e. The second kappa shape index (κ2) is 7.07. The van der Waals surface area contributed by atoms with Gasteiger partial charge in [0.05, 0.1) is 0 Å². The molecule has 0 unspecified atom stereocenters. The van der Waals surface area contributed by atoms with Gasteiger partial charge < -0.3 is 10.6 Å². The molecule has 3 aromatic carbocycles. The van der Waals surface area contributed by atoms with Gasteiger partial charge in [0.25, 0.3) is 0 Å². The van der Waals surface area contributed by atoms with Gasteiger partial charge in [0.15, 0.2) is 5.11 Å². The first-order valence-corrected chi connectivity index (χ1v) is 7.93. The maximum absolute atomic E-state index is 5.47. The third kappa shape index (κ3) is 3.76. The van der Waals surface area contributed by atoms with E-state index in [0.29, 0.717) is 5.11 Å². The number of rotatable bonds is 3. The number of hydrogen-bond acceptors (Lipinski definition) is 1. The molecule has 0 spiro atoms. The molecule has 0 aliphatic carbocycles. The highest BCUT2D eigenvalue weighted by atomic mass is 32.1. The molecule has 0 amide bonds. The number of anilines is 2. The molecule has 0 bridgehead atoms. The lowest BCUT2D eigenvalue weighted by Crippen LogP contribution is -2.20. The Kier molecular flexibility index (Phi) is 4.69. The summed E-state index contributed by atoms with van der Waals surface area (Å²) >= 11 is 5.47. The van der Waals surface area contributed by atoms with Crippen LogP contribution < -0.4 is 10.6 Å². The van der Waals surface area contributed by atoms with Crippen LogP contribution in [0.3, 0.4) is 0 Å². The highest BCUT2D eigenvalue weighted by Gasteiger charge is 2.06. The third-order valence-electron chi connectivity index (χ3n) is 3.65. The molecule has 3 rings (SSSR count). The summed E-state index contributed by atoms with van der Waals surface area (Å²) in [7, 11) is 0. The normalized spacial score (nSPS) is 10.1. The zero-order valence-corrected chi connectivity index (χ0v) is 13.7. The molecule has 0 saturated carbocycles. The molecule has 114 valence electrons. The van der Waals surface area contributed by atoms with Gasteiger partial charge in [-0.15, -0.1) is 0 Å². The first-order chi connectivity index (χ1) is 11.2. The van der Waals surface area contributed by atoms with Gasteiger partial charge in [0.2, 0.25) is 0 Å². The Morgan fingerprint density at radius 1 is 0.696 bits per heavy atom.